The van der Waals surface area contributed by atoms with Crippen molar-refractivity contribution >= 4 is 29.2 Å². The molecule has 0 unspecified atom stereocenters. The van der Waals surface area contributed by atoms with Crippen LogP contribution in [0.25, 0.3) is 0 Å². The fraction of sp³-hybridized carbons (Fsp3) is 0.400. The number of hydrogen-bond donors (Lipinski definition) is 1. The second-order valence-corrected chi connectivity index (χ2v) is 4.68. The summed E-state index contributed by atoms with van der Waals surface area (Å²) in [4.78, 5) is 6.81. The van der Waals surface area contributed by atoms with Crippen molar-refractivity contribution in [2.45, 2.75) is 6.18 Å². The zero-order valence-electron chi connectivity index (χ0n) is 9.30. The third-order valence-corrected chi connectivity index (χ3v) is 2.91. The number of thioether (sulfide) groups is 1. The minimum absolute atomic E-state index is 0.0709. The highest BCUT2D eigenvalue weighted by atomic mass is 35.5. The van der Waals surface area contributed by atoms with Gasteiger partial charge in [0.1, 0.15) is 5.82 Å². The van der Waals surface area contributed by atoms with E-state index in [2.05, 4.69) is 21.9 Å². The molecule has 0 saturated carbocycles. The smallest absolute Gasteiger partial charge is 0.369 e. The number of nitrogens with one attached hydrogen (secondary N) is 1. The SMILES string of the molecule is C=CCSCCNc1cc(C(F)(F)F)nc(Cl)n1. The number of alkyl halides is 3. The number of halogens is 4. The first-order valence-corrected chi connectivity index (χ1v) is 6.51. The van der Waals surface area contributed by atoms with Gasteiger partial charge < -0.3 is 5.32 Å². The Morgan fingerprint density at radius 1 is 1.44 bits per heavy atom. The molecule has 18 heavy (non-hydrogen) atoms. The Kier molecular flexibility index (Phi) is 5.74. The van der Waals surface area contributed by atoms with Gasteiger partial charge in [-0.05, 0) is 11.6 Å². The topological polar surface area (TPSA) is 37.8 Å². The molecule has 0 aromatic carbocycles. The summed E-state index contributed by atoms with van der Waals surface area (Å²) in [5.74, 6) is 1.59. The van der Waals surface area contributed by atoms with E-state index in [4.69, 9.17) is 11.6 Å². The van der Waals surface area contributed by atoms with Crippen molar-refractivity contribution in [2.24, 2.45) is 0 Å². The third kappa shape index (κ3) is 5.14. The summed E-state index contributed by atoms with van der Waals surface area (Å²) >= 11 is 7.05. The molecule has 1 aromatic rings. The minimum atomic E-state index is -4.53. The second-order valence-electron chi connectivity index (χ2n) is 3.20. The normalized spacial score (nSPS) is 11.3. The molecule has 0 saturated heterocycles. The molecule has 0 radical (unpaired) electrons. The average Bonchev–Trinajstić information content (AvgIpc) is 2.27. The summed E-state index contributed by atoms with van der Waals surface area (Å²) in [5.41, 5.74) is -1.05. The number of nitrogens with zero attached hydrogens (tertiary/aromatic N) is 2. The van der Waals surface area contributed by atoms with Crippen molar-refractivity contribution in [1.82, 2.24) is 9.97 Å². The maximum atomic E-state index is 12.4. The van der Waals surface area contributed by atoms with Crippen LogP contribution in [0.3, 0.4) is 0 Å². The third-order valence-electron chi connectivity index (χ3n) is 1.78. The molecule has 1 aromatic heterocycles. The van der Waals surface area contributed by atoms with Crippen LogP contribution in [0.2, 0.25) is 5.28 Å². The summed E-state index contributed by atoms with van der Waals surface area (Å²) in [6.45, 7) is 4.05. The van der Waals surface area contributed by atoms with E-state index in [0.29, 0.717) is 6.54 Å². The van der Waals surface area contributed by atoms with Gasteiger partial charge in [-0.2, -0.15) is 24.9 Å². The standard InChI is InChI=1S/C10H11ClF3N3S/c1-2-4-18-5-3-15-8-6-7(10(12,13)14)16-9(11)17-8/h2,6H,1,3-5H2,(H,15,16,17). The van der Waals surface area contributed by atoms with Crippen LogP contribution in [0.1, 0.15) is 5.69 Å². The van der Waals surface area contributed by atoms with Gasteiger partial charge in [-0.3, -0.25) is 0 Å². The predicted molar refractivity (Wildman–Crippen MR) is 68.1 cm³/mol. The van der Waals surface area contributed by atoms with Crippen LogP contribution in [0.15, 0.2) is 18.7 Å². The van der Waals surface area contributed by atoms with Crippen LogP contribution < -0.4 is 5.32 Å². The van der Waals surface area contributed by atoms with Crippen molar-refractivity contribution < 1.29 is 13.2 Å². The van der Waals surface area contributed by atoms with E-state index in [1.54, 1.807) is 17.8 Å². The lowest BCUT2D eigenvalue weighted by atomic mass is 10.4. The van der Waals surface area contributed by atoms with Crippen LogP contribution >= 0.6 is 23.4 Å². The molecule has 0 spiro atoms. The van der Waals surface area contributed by atoms with Gasteiger partial charge in [-0.15, -0.1) is 6.58 Å². The van der Waals surface area contributed by atoms with Gasteiger partial charge in [-0.1, -0.05) is 6.08 Å². The van der Waals surface area contributed by atoms with Crippen LogP contribution in [0.4, 0.5) is 19.0 Å². The van der Waals surface area contributed by atoms with Crippen molar-refractivity contribution in [3.63, 3.8) is 0 Å². The van der Waals surface area contributed by atoms with Gasteiger partial charge in [0.2, 0.25) is 5.28 Å². The van der Waals surface area contributed by atoms with Gasteiger partial charge in [0.25, 0.3) is 0 Å². The van der Waals surface area contributed by atoms with Gasteiger partial charge in [-0.25, -0.2) is 9.97 Å². The minimum Gasteiger partial charge on any atom is -0.369 e. The van der Waals surface area contributed by atoms with Crippen molar-refractivity contribution in [2.75, 3.05) is 23.4 Å². The molecule has 1 N–H and O–H groups in total. The van der Waals surface area contributed by atoms with E-state index in [9.17, 15) is 13.2 Å². The molecule has 1 rings (SSSR count). The van der Waals surface area contributed by atoms with Gasteiger partial charge in [0.15, 0.2) is 5.69 Å². The van der Waals surface area contributed by atoms with Crippen LogP contribution in [0.5, 0.6) is 0 Å². The first-order chi connectivity index (χ1) is 8.43. The Hall–Kier alpha value is -0.950. The van der Waals surface area contributed by atoms with E-state index >= 15 is 0 Å². The molecule has 0 amide bonds. The maximum Gasteiger partial charge on any atom is 0.433 e. The fourth-order valence-corrected chi connectivity index (χ4v) is 1.83. The molecule has 0 aliphatic heterocycles. The molecular weight excluding hydrogens is 287 g/mol. The molecule has 100 valence electrons. The van der Waals surface area contributed by atoms with E-state index in [0.717, 1.165) is 17.6 Å². The molecular formula is C10H11ClF3N3S. The summed E-state index contributed by atoms with van der Waals surface area (Å²) in [5, 5.41) is 2.34. The molecule has 3 nitrogen and oxygen atoms in total. The fourth-order valence-electron chi connectivity index (χ4n) is 1.07. The summed E-state index contributed by atoms with van der Waals surface area (Å²) < 4.78 is 37.3. The lowest BCUT2D eigenvalue weighted by Gasteiger charge is -2.09. The molecule has 0 bridgehead atoms. The van der Waals surface area contributed by atoms with Crippen molar-refractivity contribution in [1.29, 1.82) is 0 Å². The first kappa shape index (κ1) is 15.1. The number of rotatable bonds is 6. The maximum absolute atomic E-state index is 12.4. The summed E-state index contributed by atoms with van der Waals surface area (Å²) in [7, 11) is 0. The lowest BCUT2D eigenvalue weighted by Crippen LogP contribution is -2.12. The largest absolute Gasteiger partial charge is 0.433 e. The molecule has 0 aliphatic carbocycles. The van der Waals surface area contributed by atoms with Crippen molar-refractivity contribution in [3.05, 3.63) is 29.7 Å². The molecule has 0 aliphatic rings. The zero-order chi connectivity index (χ0) is 13.6. The highest BCUT2D eigenvalue weighted by molar-refractivity contribution is 7.99. The Bertz CT molecular complexity index is 412. The Morgan fingerprint density at radius 2 is 2.17 bits per heavy atom. The van der Waals surface area contributed by atoms with Gasteiger partial charge >= 0.3 is 6.18 Å². The van der Waals surface area contributed by atoms with Gasteiger partial charge in [0, 0.05) is 24.1 Å². The molecule has 0 fully saturated rings. The van der Waals surface area contributed by atoms with Crippen LogP contribution in [-0.2, 0) is 6.18 Å². The second kappa shape index (κ2) is 6.84. The Morgan fingerprint density at radius 3 is 2.78 bits per heavy atom. The highest BCUT2D eigenvalue weighted by Gasteiger charge is 2.33. The average molecular weight is 298 g/mol. The zero-order valence-corrected chi connectivity index (χ0v) is 10.9. The lowest BCUT2D eigenvalue weighted by molar-refractivity contribution is -0.141. The number of hydrogen-bond acceptors (Lipinski definition) is 4. The summed E-state index contributed by atoms with van der Waals surface area (Å²) in [6, 6.07) is 0.837. The first-order valence-electron chi connectivity index (χ1n) is 4.98. The predicted octanol–water partition coefficient (Wildman–Crippen LogP) is 3.48. The quantitative estimate of drug-likeness (QED) is 0.495. The number of anilines is 1. The van der Waals surface area contributed by atoms with E-state index in [1.807, 2.05) is 0 Å². The van der Waals surface area contributed by atoms with Crippen LogP contribution in [0, 0.1) is 0 Å². The molecule has 8 heteroatoms. The Labute approximate surface area is 112 Å². The molecule has 1 heterocycles. The Balaban J connectivity index is 2.60. The van der Waals surface area contributed by atoms with Crippen molar-refractivity contribution in [3.8, 4) is 0 Å². The number of aromatic nitrogens is 2. The van der Waals surface area contributed by atoms with Crippen LogP contribution in [-0.4, -0.2) is 28.0 Å². The highest BCUT2D eigenvalue weighted by Crippen LogP contribution is 2.29. The van der Waals surface area contributed by atoms with E-state index in [-0.39, 0.29) is 5.82 Å². The van der Waals surface area contributed by atoms with E-state index < -0.39 is 17.2 Å². The van der Waals surface area contributed by atoms with Gasteiger partial charge in [0.05, 0.1) is 0 Å². The summed E-state index contributed by atoms with van der Waals surface area (Å²) in [6.07, 6.45) is -2.77. The monoisotopic (exact) mass is 297 g/mol. The van der Waals surface area contributed by atoms with E-state index in [1.165, 1.54) is 0 Å². The molecule has 0 atom stereocenters.